The summed E-state index contributed by atoms with van der Waals surface area (Å²) in [4.78, 5) is 12.8. The van der Waals surface area contributed by atoms with Crippen molar-refractivity contribution in [1.82, 2.24) is 4.90 Å². The third-order valence-electron chi connectivity index (χ3n) is 4.09. The van der Waals surface area contributed by atoms with E-state index in [9.17, 15) is 4.79 Å². The number of para-hydroxylation sites is 1. The van der Waals surface area contributed by atoms with Crippen LogP contribution in [0.15, 0.2) is 30.3 Å². The minimum absolute atomic E-state index is 0.282. The summed E-state index contributed by atoms with van der Waals surface area (Å²) in [6.45, 7) is 3.82. The van der Waals surface area contributed by atoms with Crippen LogP contribution in [0.3, 0.4) is 0 Å². The number of carboxylic acids is 1. The first-order valence-corrected chi connectivity index (χ1v) is 8.22. The highest BCUT2D eigenvalue weighted by Gasteiger charge is 2.19. The van der Waals surface area contributed by atoms with Gasteiger partial charge >= 0.3 is 5.97 Å². The van der Waals surface area contributed by atoms with Gasteiger partial charge in [0.2, 0.25) is 0 Å². The van der Waals surface area contributed by atoms with Crippen LogP contribution < -0.4 is 4.74 Å². The maximum Gasteiger partial charge on any atom is 0.304 e. The fourth-order valence-corrected chi connectivity index (χ4v) is 2.84. The van der Waals surface area contributed by atoms with Crippen LogP contribution in [0.25, 0.3) is 0 Å². The Labute approximate surface area is 134 Å². The predicted octanol–water partition coefficient (Wildman–Crippen LogP) is 3.81. The van der Waals surface area contributed by atoms with Gasteiger partial charge in [0.1, 0.15) is 5.75 Å². The molecule has 22 heavy (non-hydrogen) atoms. The Bertz CT molecular complexity index is 402. The standard InChI is InChI=1S/C11H21NO2.C7H8O/c1-2-12(9-8-11(13)14)10-6-4-3-5-7-10;1-8-7-5-3-2-4-6-7/h10H,2-9H2,1H3,(H,13,14);2-6H,1H3. The average molecular weight is 307 g/mol. The maximum absolute atomic E-state index is 10.5. The number of methoxy groups -OCH3 is 1. The monoisotopic (exact) mass is 307 g/mol. The largest absolute Gasteiger partial charge is 0.497 e. The fourth-order valence-electron chi connectivity index (χ4n) is 2.84. The maximum atomic E-state index is 10.5. The Balaban J connectivity index is 0.000000255. The molecule has 0 spiro atoms. The molecule has 1 fully saturated rings. The summed E-state index contributed by atoms with van der Waals surface area (Å²) in [6, 6.07) is 10.3. The molecule has 1 aromatic rings. The zero-order valence-corrected chi connectivity index (χ0v) is 13.8. The summed E-state index contributed by atoms with van der Waals surface area (Å²) < 4.78 is 4.91. The minimum Gasteiger partial charge on any atom is -0.497 e. The molecular weight excluding hydrogens is 278 g/mol. The van der Waals surface area contributed by atoms with Crippen molar-refractivity contribution >= 4 is 5.97 Å². The number of hydrogen-bond acceptors (Lipinski definition) is 3. The molecule has 2 rings (SSSR count). The van der Waals surface area contributed by atoms with Crippen molar-refractivity contribution in [3.05, 3.63) is 30.3 Å². The average Bonchev–Trinajstić information content (AvgIpc) is 2.57. The molecule has 1 saturated carbocycles. The lowest BCUT2D eigenvalue weighted by Crippen LogP contribution is -2.38. The molecule has 0 atom stereocenters. The van der Waals surface area contributed by atoms with Crippen LogP contribution in [0.5, 0.6) is 5.75 Å². The van der Waals surface area contributed by atoms with Gasteiger partial charge in [-0.3, -0.25) is 4.79 Å². The minimum atomic E-state index is -0.681. The number of carboxylic acid groups (broad SMARTS) is 1. The fraction of sp³-hybridized carbons (Fsp3) is 0.611. The van der Waals surface area contributed by atoms with Crippen LogP contribution in [0.4, 0.5) is 0 Å². The van der Waals surface area contributed by atoms with E-state index in [1.165, 1.54) is 32.1 Å². The number of ether oxygens (including phenoxy) is 1. The van der Waals surface area contributed by atoms with Crippen LogP contribution in [0, 0.1) is 0 Å². The van der Waals surface area contributed by atoms with Crippen LogP contribution in [0.2, 0.25) is 0 Å². The number of carbonyl (C=O) groups is 1. The normalized spacial score (nSPS) is 15.0. The molecule has 0 amide bonds. The first-order chi connectivity index (χ1) is 10.7. The van der Waals surface area contributed by atoms with Crippen molar-refractivity contribution in [3.8, 4) is 5.75 Å². The van der Waals surface area contributed by atoms with Crippen molar-refractivity contribution in [3.63, 3.8) is 0 Å². The Hall–Kier alpha value is -1.55. The van der Waals surface area contributed by atoms with E-state index >= 15 is 0 Å². The smallest absolute Gasteiger partial charge is 0.304 e. The lowest BCUT2D eigenvalue weighted by Gasteiger charge is -2.33. The molecular formula is C18H29NO3. The van der Waals surface area contributed by atoms with Crippen LogP contribution in [-0.4, -0.2) is 42.2 Å². The lowest BCUT2D eigenvalue weighted by atomic mass is 9.94. The first-order valence-electron chi connectivity index (χ1n) is 8.22. The van der Waals surface area contributed by atoms with Gasteiger partial charge in [-0.2, -0.15) is 0 Å². The van der Waals surface area contributed by atoms with Crippen molar-refractivity contribution < 1.29 is 14.6 Å². The SMILES string of the molecule is CCN(CCC(=O)O)C1CCCCC1.COc1ccccc1. The molecule has 4 heteroatoms. The van der Waals surface area contributed by atoms with E-state index in [1.807, 2.05) is 30.3 Å². The first kappa shape index (κ1) is 18.5. The van der Waals surface area contributed by atoms with Gasteiger partial charge in [0.05, 0.1) is 13.5 Å². The molecule has 1 aliphatic rings. The van der Waals surface area contributed by atoms with Crippen molar-refractivity contribution in [2.45, 2.75) is 51.5 Å². The van der Waals surface area contributed by atoms with Crippen molar-refractivity contribution in [2.24, 2.45) is 0 Å². The van der Waals surface area contributed by atoms with Crippen LogP contribution in [-0.2, 0) is 4.79 Å². The van der Waals surface area contributed by atoms with Crippen molar-refractivity contribution in [2.75, 3.05) is 20.2 Å². The second kappa shape index (κ2) is 11.1. The van der Waals surface area contributed by atoms with Crippen LogP contribution in [0.1, 0.15) is 45.4 Å². The zero-order valence-electron chi connectivity index (χ0n) is 13.8. The molecule has 0 unspecified atom stereocenters. The summed E-state index contributed by atoms with van der Waals surface area (Å²) in [5.74, 6) is 0.228. The summed E-state index contributed by atoms with van der Waals surface area (Å²) in [6.07, 6.45) is 6.78. The Kier molecular flexibility index (Phi) is 9.31. The molecule has 124 valence electrons. The van der Waals surface area contributed by atoms with Gasteiger partial charge in [0.25, 0.3) is 0 Å². The van der Waals surface area contributed by atoms with E-state index < -0.39 is 5.97 Å². The van der Waals surface area contributed by atoms with E-state index in [1.54, 1.807) is 7.11 Å². The highest BCUT2D eigenvalue weighted by molar-refractivity contribution is 5.66. The number of aliphatic carboxylic acids is 1. The lowest BCUT2D eigenvalue weighted by molar-refractivity contribution is -0.137. The topological polar surface area (TPSA) is 49.8 Å². The van der Waals surface area contributed by atoms with Gasteiger partial charge in [-0.1, -0.05) is 44.4 Å². The predicted molar refractivity (Wildman–Crippen MR) is 89.4 cm³/mol. The van der Waals surface area contributed by atoms with Gasteiger partial charge in [0.15, 0.2) is 0 Å². The van der Waals surface area contributed by atoms with E-state index in [0.717, 1.165) is 18.8 Å². The molecule has 1 aromatic carbocycles. The van der Waals surface area contributed by atoms with E-state index in [0.29, 0.717) is 6.04 Å². The quantitative estimate of drug-likeness (QED) is 0.868. The van der Waals surface area contributed by atoms with Gasteiger partial charge < -0.3 is 14.7 Å². The molecule has 1 N–H and O–H groups in total. The molecule has 0 aliphatic heterocycles. The van der Waals surface area contributed by atoms with Crippen LogP contribution >= 0.6 is 0 Å². The number of hydrogen-bond donors (Lipinski definition) is 1. The Morgan fingerprint density at radius 2 is 1.86 bits per heavy atom. The van der Waals surface area contributed by atoms with E-state index in [2.05, 4.69) is 11.8 Å². The molecule has 0 heterocycles. The van der Waals surface area contributed by atoms with Gasteiger partial charge in [-0.25, -0.2) is 0 Å². The summed E-state index contributed by atoms with van der Waals surface area (Å²) in [5.41, 5.74) is 0. The number of nitrogens with zero attached hydrogens (tertiary/aromatic N) is 1. The molecule has 0 bridgehead atoms. The second-order valence-corrected chi connectivity index (χ2v) is 5.58. The summed E-state index contributed by atoms with van der Waals surface area (Å²) in [5, 5.41) is 8.63. The molecule has 0 radical (unpaired) electrons. The molecule has 0 saturated heterocycles. The summed E-state index contributed by atoms with van der Waals surface area (Å²) >= 11 is 0. The third kappa shape index (κ3) is 7.46. The zero-order chi connectivity index (χ0) is 16.2. The van der Waals surface area contributed by atoms with Gasteiger partial charge in [-0.05, 0) is 31.5 Å². The highest BCUT2D eigenvalue weighted by atomic mass is 16.5. The third-order valence-corrected chi connectivity index (χ3v) is 4.09. The molecule has 4 nitrogen and oxygen atoms in total. The number of benzene rings is 1. The van der Waals surface area contributed by atoms with E-state index in [-0.39, 0.29) is 6.42 Å². The van der Waals surface area contributed by atoms with Crippen molar-refractivity contribution in [1.29, 1.82) is 0 Å². The Morgan fingerprint density at radius 1 is 1.23 bits per heavy atom. The number of rotatable bonds is 6. The molecule has 1 aliphatic carbocycles. The highest BCUT2D eigenvalue weighted by Crippen LogP contribution is 2.22. The van der Waals surface area contributed by atoms with Gasteiger partial charge in [-0.15, -0.1) is 0 Å². The summed E-state index contributed by atoms with van der Waals surface area (Å²) in [7, 11) is 1.66. The second-order valence-electron chi connectivity index (χ2n) is 5.58. The molecule has 0 aromatic heterocycles. The van der Waals surface area contributed by atoms with E-state index in [4.69, 9.17) is 9.84 Å². The Morgan fingerprint density at radius 3 is 2.32 bits per heavy atom. The van der Waals surface area contributed by atoms with Gasteiger partial charge in [0, 0.05) is 12.6 Å².